The molecule has 1 aromatic heterocycles. The predicted octanol–water partition coefficient (Wildman–Crippen LogP) is 2.30. The first-order valence-electron chi connectivity index (χ1n) is 7.85. The SMILES string of the molecule is CCCCOc1nc(C)nc(NCCN(CC)CC)c1N. The highest BCUT2D eigenvalue weighted by Gasteiger charge is 2.11. The molecule has 0 unspecified atom stereocenters. The molecule has 0 saturated heterocycles. The smallest absolute Gasteiger partial charge is 0.242 e. The third kappa shape index (κ3) is 5.75. The number of aromatic nitrogens is 2. The molecule has 0 spiro atoms. The minimum atomic E-state index is 0.487. The van der Waals surface area contributed by atoms with Crippen LogP contribution < -0.4 is 15.8 Å². The van der Waals surface area contributed by atoms with E-state index in [1.807, 2.05) is 6.92 Å². The van der Waals surface area contributed by atoms with Gasteiger partial charge in [-0.1, -0.05) is 27.2 Å². The molecule has 0 amide bonds. The van der Waals surface area contributed by atoms with Crippen LogP contribution in [0.3, 0.4) is 0 Å². The molecular weight excluding hydrogens is 266 g/mol. The van der Waals surface area contributed by atoms with Crippen molar-refractivity contribution in [3.05, 3.63) is 5.82 Å². The molecule has 0 bridgehead atoms. The fourth-order valence-corrected chi connectivity index (χ4v) is 1.99. The first kappa shape index (κ1) is 17.5. The number of likely N-dealkylation sites (N-methyl/N-ethyl adjacent to an activating group) is 1. The summed E-state index contributed by atoms with van der Waals surface area (Å²) in [5.41, 5.74) is 6.59. The molecule has 0 aliphatic heterocycles. The number of unbranched alkanes of at least 4 members (excludes halogenated alkanes) is 1. The van der Waals surface area contributed by atoms with Crippen molar-refractivity contribution in [2.75, 3.05) is 43.8 Å². The minimum absolute atomic E-state index is 0.487. The monoisotopic (exact) mass is 295 g/mol. The van der Waals surface area contributed by atoms with Gasteiger partial charge in [-0.05, 0) is 26.4 Å². The normalized spacial score (nSPS) is 10.9. The summed E-state index contributed by atoms with van der Waals surface area (Å²) in [5, 5.41) is 3.29. The van der Waals surface area contributed by atoms with Gasteiger partial charge in [0.2, 0.25) is 5.88 Å². The fraction of sp³-hybridized carbons (Fsp3) is 0.733. The second kappa shape index (κ2) is 9.39. The molecular formula is C15H29N5O. The average Bonchev–Trinajstić information content (AvgIpc) is 2.48. The number of hydrogen-bond donors (Lipinski definition) is 2. The lowest BCUT2D eigenvalue weighted by Gasteiger charge is -2.19. The molecule has 0 radical (unpaired) electrons. The van der Waals surface area contributed by atoms with Crippen LogP contribution in [0.15, 0.2) is 0 Å². The molecule has 0 aliphatic rings. The van der Waals surface area contributed by atoms with Crippen LogP contribution in [-0.2, 0) is 0 Å². The zero-order chi connectivity index (χ0) is 15.7. The van der Waals surface area contributed by atoms with Gasteiger partial charge in [0.1, 0.15) is 11.5 Å². The molecule has 120 valence electrons. The number of anilines is 2. The Labute approximate surface area is 128 Å². The van der Waals surface area contributed by atoms with Crippen LogP contribution in [0.25, 0.3) is 0 Å². The summed E-state index contributed by atoms with van der Waals surface area (Å²) in [6, 6.07) is 0. The molecule has 3 N–H and O–H groups in total. The van der Waals surface area contributed by atoms with Crippen molar-refractivity contribution in [2.24, 2.45) is 0 Å². The maximum Gasteiger partial charge on any atom is 0.242 e. The van der Waals surface area contributed by atoms with Gasteiger partial charge in [0.05, 0.1) is 6.61 Å². The second-order valence-corrected chi connectivity index (χ2v) is 4.99. The van der Waals surface area contributed by atoms with E-state index in [-0.39, 0.29) is 0 Å². The van der Waals surface area contributed by atoms with Crippen LogP contribution in [0.5, 0.6) is 5.88 Å². The first-order chi connectivity index (χ1) is 10.1. The van der Waals surface area contributed by atoms with Gasteiger partial charge in [0.15, 0.2) is 5.82 Å². The van der Waals surface area contributed by atoms with E-state index >= 15 is 0 Å². The summed E-state index contributed by atoms with van der Waals surface area (Å²) in [6.45, 7) is 12.8. The summed E-state index contributed by atoms with van der Waals surface area (Å²) >= 11 is 0. The van der Waals surface area contributed by atoms with E-state index in [1.165, 1.54) is 0 Å². The molecule has 0 atom stereocenters. The largest absolute Gasteiger partial charge is 0.476 e. The van der Waals surface area contributed by atoms with Crippen molar-refractivity contribution < 1.29 is 4.74 Å². The predicted molar refractivity (Wildman–Crippen MR) is 87.9 cm³/mol. The second-order valence-electron chi connectivity index (χ2n) is 4.99. The molecule has 1 heterocycles. The lowest BCUT2D eigenvalue weighted by Crippen LogP contribution is -2.29. The number of ether oxygens (including phenoxy) is 1. The van der Waals surface area contributed by atoms with Crippen LogP contribution in [0.2, 0.25) is 0 Å². The van der Waals surface area contributed by atoms with E-state index in [1.54, 1.807) is 0 Å². The lowest BCUT2D eigenvalue weighted by molar-refractivity contribution is 0.298. The summed E-state index contributed by atoms with van der Waals surface area (Å²) in [7, 11) is 0. The summed E-state index contributed by atoms with van der Waals surface area (Å²) in [5.74, 6) is 1.82. The molecule has 1 aromatic rings. The Kier molecular flexibility index (Phi) is 7.82. The molecule has 0 fully saturated rings. The van der Waals surface area contributed by atoms with Crippen molar-refractivity contribution in [1.29, 1.82) is 0 Å². The van der Waals surface area contributed by atoms with Crippen molar-refractivity contribution in [3.63, 3.8) is 0 Å². The Hall–Kier alpha value is -1.56. The quantitative estimate of drug-likeness (QED) is 0.645. The van der Waals surface area contributed by atoms with Crippen LogP contribution >= 0.6 is 0 Å². The minimum Gasteiger partial charge on any atom is -0.476 e. The lowest BCUT2D eigenvalue weighted by atomic mass is 10.3. The Morgan fingerprint density at radius 2 is 1.90 bits per heavy atom. The third-order valence-electron chi connectivity index (χ3n) is 3.37. The number of nitrogens with zero attached hydrogens (tertiary/aromatic N) is 3. The van der Waals surface area contributed by atoms with Gasteiger partial charge in [-0.3, -0.25) is 0 Å². The maximum atomic E-state index is 6.09. The number of nitrogens with one attached hydrogen (secondary N) is 1. The summed E-state index contributed by atoms with van der Waals surface area (Å²) in [6.07, 6.45) is 2.08. The number of hydrogen-bond acceptors (Lipinski definition) is 6. The molecule has 0 saturated carbocycles. The van der Waals surface area contributed by atoms with Crippen LogP contribution in [-0.4, -0.2) is 47.7 Å². The Bertz CT molecular complexity index is 421. The van der Waals surface area contributed by atoms with E-state index in [0.29, 0.717) is 29.8 Å². The Morgan fingerprint density at radius 3 is 2.52 bits per heavy atom. The zero-order valence-corrected chi connectivity index (χ0v) is 13.8. The van der Waals surface area contributed by atoms with Gasteiger partial charge in [-0.25, -0.2) is 4.98 Å². The van der Waals surface area contributed by atoms with Crippen molar-refractivity contribution in [1.82, 2.24) is 14.9 Å². The molecule has 1 rings (SSSR count). The van der Waals surface area contributed by atoms with Crippen LogP contribution in [0, 0.1) is 6.92 Å². The van der Waals surface area contributed by atoms with Crippen LogP contribution in [0.4, 0.5) is 11.5 Å². The topological polar surface area (TPSA) is 76.3 Å². The molecule has 21 heavy (non-hydrogen) atoms. The van der Waals surface area contributed by atoms with E-state index in [0.717, 1.165) is 39.0 Å². The Balaban J connectivity index is 2.64. The van der Waals surface area contributed by atoms with Crippen LogP contribution in [0.1, 0.15) is 39.4 Å². The first-order valence-corrected chi connectivity index (χ1v) is 7.85. The fourth-order valence-electron chi connectivity index (χ4n) is 1.99. The van der Waals surface area contributed by atoms with Gasteiger partial charge in [-0.2, -0.15) is 4.98 Å². The number of aryl methyl sites for hydroxylation is 1. The summed E-state index contributed by atoms with van der Waals surface area (Å²) in [4.78, 5) is 11.0. The van der Waals surface area contributed by atoms with E-state index in [9.17, 15) is 0 Å². The third-order valence-corrected chi connectivity index (χ3v) is 3.37. The van der Waals surface area contributed by atoms with Crippen molar-refractivity contribution >= 4 is 11.5 Å². The zero-order valence-electron chi connectivity index (χ0n) is 13.8. The average molecular weight is 295 g/mol. The molecule has 0 aromatic carbocycles. The standard InChI is InChI=1S/C15H29N5O/c1-5-8-11-21-15-13(16)14(18-12(4)19-15)17-9-10-20(6-2)7-3/h5-11,16H2,1-4H3,(H,17,18,19). The molecule has 6 heteroatoms. The Morgan fingerprint density at radius 1 is 1.19 bits per heavy atom. The van der Waals surface area contributed by atoms with Gasteiger partial charge in [0, 0.05) is 13.1 Å². The molecule has 0 aliphatic carbocycles. The number of rotatable bonds is 10. The highest BCUT2D eigenvalue weighted by atomic mass is 16.5. The van der Waals surface area contributed by atoms with Gasteiger partial charge in [-0.15, -0.1) is 0 Å². The number of nitrogen functional groups attached to an aromatic ring is 1. The van der Waals surface area contributed by atoms with E-state index in [4.69, 9.17) is 10.5 Å². The number of nitrogens with two attached hydrogens (primary N) is 1. The van der Waals surface area contributed by atoms with Gasteiger partial charge >= 0.3 is 0 Å². The highest BCUT2D eigenvalue weighted by Crippen LogP contribution is 2.25. The van der Waals surface area contributed by atoms with E-state index < -0.39 is 0 Å². The van der Waals surface area contributed by atoms with E-state index in [2.05, 4.69) is 41.0 Å². The van der Waals surface area contributed by atoms with Crippen molar-refractivity contribution in [3.8, 4) is 5.88 Å². The molecule has 6 nitrogen and oxygen atoms in total. The highest BCUT2D eigenvalue weighted by molar-refractivity contribution is 5.66. The summed E-state index contributed by atoms with van der Waals surface area (Å²) < 4.78 is 5.64. The van der Waals surface area contributed by atoms with Gasteiger partial charge in [0.25, 0.3) is 0 Å². The maximum absolute atomic E-state index is 6.09. The van der Waals surface area contributed by atoms with Crippen molar-refractivity contribution in [2.45, 2.75) is 40.5 Å². The van der Waals surface area contributed by atoms with Gasteiger partial charge < -0.3 is 20.7 Å².